The summed E-state index contributed by atoms with van der Waals surface area (Å²) in [4.78, 5) is 5.16. The van der Waals surface area contributed by atoms with E-state index in [1.807, 2.05) is 12.1 Å². The van der Waals surface area contributed by atoms with Crippen molar-refractivity contribution < 1.29 is 18.0 Å². The van der Waals surface area contributed by atoms with E-state index in [0.29, 0.717) is 12.2 Å². The van der Waals surface area contributed by atoms with Crippen LogP contribution in [0.2, 0.25) is 0 Å². The molecule has 1 heterocycles. The first kappa shape index (κ1) is 16.3. The molecule has 1 aromatic rings. The Morgan fingerprint density at radius 1 is 1.38 bits per heavy atom. The third-order valence-corrected chi connectivity index (χ3v) is 5.49. The summed E-state index contributed by atoms with van der Waals surface area (Å²) in [6.45, 7) is 2.11. The quantitative estimate of drug-likeness (QED) is 0.777. The van der Waals surface area contributed by atoms with Crippen LogP contribution < -0.4 is 0 Å². The van der Waals surface area contributed by atoms with Gasteiger partial charge in [0.1, 0.15) is 0 Å². The predicted molar refractivity (Wildman–Crippen MR) is 82.0 cm³/mol. The highest BCUT2D eigenvalue weighted by Gasteiger charge is 2.39. The van der Waals surface area contributed by atoms with Crippen LogP contribution >= 0.6 is 11.6 Å². The van der Waals surface area contributed by atoms with Gasteiger partial charge < -0.3 is 9.57 Å². The molecule has 1 atom stereocenters. The molecule has 21 heavy (non-hydrogen) atoms. The van der Waals surface area contributed by atoms with Crippen molar-refractivity contribution in [3.63, 3.8) is 0 Å². The molecule has 5 nitrogen and oxygen atoms in total. The van der Waals surface area contributed by atoms with Gasteiger partial charge in [0, 0.05) is 13.5 Å². The van der Waals surface area contributed by atoms with E-state index in [2.05, 4.69) is 5.16 Å². The first-order valence-electron chi connectivity index (χ1n) is 6.50. The van der Waals surface area contributed by atoms with E-state index < -0.39 is 15.4 Å². The van der Waals surface area contributed by atoms with Crippen LogP contribution in [0.15, 0.2) is 29.4 Å². The lowest BCUT2D eigenvalue weighted by Crippen LogP contribution is -2.28. The number of halogens is 1. The van der Waals surface area contributed by atoms with Crippen molar-refractivity contribution in [2.24, 2.45) is 5.16 Å². The number of benzene rings is 1. The molecule has 1 aliphatic rings. The fraction of sp³-hybridized carbons (Fsp3) is 0.500. The summed E-state index contributed by atoms with van der Waals surface area (Å²) in [7, 11) is -1.95. The van der Waals surface area contributed by atoms with E-state index in [4.69, 9.17) is 21.2 Å². The Labute approximate surface area is 129 Å². The van der Waals surface area contributed by atoms with Crippen LogP contribution in [0, 0.1) is 0 Å². The predicted octanol–water partition coefficient (Wildman–Crippen LogP) is 2.48. The molecule has 0 amide bonds. The monoisotopic (exact) mass is 331 g/mol. The molecule has 0 bridgehead atoms. The number of ether oxygens (including phenoxy) is 1. The van der Waals surface area contributed by atoms with E-state index in [0.717, 1.165) is 5.56 Å². The van der Waals surface area contributed by atoms with E-state index in [1.54, 1.807) is 26.2 Å². The number of alkyl halides is 1. The Kier molecular flexibility index (Phi) is 4.91. The van der Waals surface area contributed by atoms with Gasteiger partial charge in [0.05, 0.1) is 18.2 Å². The Morgan fingerprint density at radius 2 is 2.05 bits per heavy atom. The fourth-order valence-corrected chi connectivity index (χ4v) is 3.74. The third kappa shape index (κ3) is 3.75. The summed E-state index contributed by atoms with van der Waals surface area (Å²) in [6, 6.07) is 7.29. The second-order valence-corrected chi connectivity index (χ2v) is 7.55. The molecule has 0 fully saturated rings. The Balaban J connectivity index is 2.20. The number of methoxy groups -OCH3 is 1. The molecule has 2 rings (SSSR count). The number of oxime groups is 1. The fourth-order valence-electron chi connectivity index (χ4n) is 2.07. The minimum absolute atomic E-state index is 0.0536. The maximum absolute atomic E-state index is 12.5. The van der Waals surface area contributed by atoms with Crippen molar-refractivity contribution >= 4 is 26.5 Å². The molecular weight excluding hydrogens is 314 g/mol. The average Bonchev–Trinajstić information content (AvgIpc) is 2.85. The molecule has 0 aromatic heterocycles. The number of hydrogen-bond donors (Lipinski definition) is 0. The molecule has 1 unspecified atom stereocenters. The molecule has 7 heteroatoms. The zero-order valence-electron chi connectivity index (χ0n) is 12.0. The first-order valence-corrected chi connectivity index (χ1v) is 8.68. The minimum Gasteiger partial charge on any atom is -0.387 e. The van der Waals surface area contributed by atoms with E-state index in [-0.39, 0.29) is 23.1 Å². The Bertz CT molecular complexity index is 644. The molecule has 0 N–H and O–H groups in total. The summed E-state index contributed by atoms with van der Waals surface area (Å²) >= 11 is 5.78. The highest BCUT2D eigenvalue weighted by molar-refractivity contribution is 8.05. The largest absolute Gasteiger partial charge is 0.387 e. The standard InChI is InChI=1S/C14H18ClNO4S/c1-14(10-15)7-13(16-20-14)21(17,18)9-12-6-4-3-5-11(12)8-19-2/h3-6H,7-10H2,1-2H3. The lowest BCUT2D eigenvalue weighted by Gasteiger charge is -2.16. The van der Waals surface area contributed by atoms with Gasteiger partial charge in [-0.05, 0) is 18.1 Å². The summed E-state index contributed by atoms with van der Waals surface area (Å²) in [5.74, 6) is 0.0723. The molecule has 1 aromatic carbocycles. The molecule has 116 valence electrons. The number of sulfone groups is 1. The van der Waals surface area contributed by atoms with Crippen LogP contribution in [0.4, 0.5) is 0 Å². The summed E-state index contributed by atoms with van der Waals surface area (Å²) in [5, 5.41) is 3.77. The van der Waals surface area contributed by atoms with E-state index in [9.17, 15) is 8.42 Å². The van der Waals surface area contributed by atoms with Crippen molar-refractivity contribution in [3.8, 4) is 0 Å². The third-order valence-electron chi connectivity index (χ3n) is 3.30. The zero-order chi connectivity index (χ0) is 15.5. The highest BCUT2D eigenvalue weighted by Crippen LogP contribution is 2.28. The zero-order valence-corrected chi connectivity index (χ0v) is 13.6. The molecule has 1 aliphatic heterocycles. The lowest BCUT2D eigenvalue weighted by atomic mass is 10.1. The van der Waals surface area contributed by atoms with Crippen molar-refractivity contribution in [1.82, 2.24) is 0 Å². The van der Waals surface area contributed by atoms with Gasteiger partial charge in [-0.3, -0.25) is 0 Å². The van der Waals surface area contributed by atoms with Gasteiger partial charge in [-0.25, -0.2) is 8.42 Å². The van der Waals surface area contributed by atoms with Gasteiger partial charge in [0.2, 0.25) is 0 Å². The van der Waals surface area contributed by atoms with Crippen molar-refractivity contribution in [2.45, 2.75) is 31.3 Å². The van der Waals surface area contributed by atoms with Crippen LogP contribution in [-0.2, 0) is 31.8 Å². The van der Waals surface area contributed by atoms with Crippen molar-refractivity contribution in [2.75, 3.05) is 13.0 Å². The van der Waals surface area contributed by atoms with Gasteiger partial charge in [0.25, 0.3) is 0 Å². The van der Waals surface area contributed by atoms with Gasteiger partial charge >= 0.3 is 0 Å². The smallest absolute Gasteiger partial charge is 0.199 e. The highest BCUT2D eigenvalue weighted by atomic mass is 35.5. The van der Waals surface area contributed by atoms with Crippen LogP contribution in [0.3, 0.4) is 0 Å². The van der Waals surface area contributed by atoms with E-state index in [1.165, 1.54) is 0 Å². The van der Waals surface area contributed by atoms with Gasteiger partial charge in [-0.15, -0.1) is 11.6 Å². The molecule has 0 aliphatic carbocycles. The molecule has 0 spiro atoms. The van der Waals surface area contributed by atoms with Crippen molar-refractivity contribution in [3.05, 3.63) is 35.4 Å². The second kappa shape index (κ2) is 6.34. The minimum atomic E-state index is -3.52. The Hall–Kier alpha value is -1.11. The van der Waals surface area contributed by atoms with Crippen molar-refractivity contribution in [1.29, 1.82) is 0 Å². The Morgan fingerprint density at radius 3 is 2.62 bits per heavy atom. The van der Waals surface area contributed by atoms with E-state index >= 15 is 0 Å². The topological polar surface area (TPSA) is 65.0 Å². The second-order valence-electron chi connectivity index (χ2n) is 5.30. The first-order chi connectivity index (χ1) is 9.90. The van der Waals surface area contributed by atoms with Gasteiger partial charge in [-0.1, -0.05) is 29.4 Å². The number of hydrogen-bond acceptors (Lipinski definition) is 5. The van der Waals surface area contributed by atoms with Crippen LogP contribution in [0.5, 0.6) is 0 Å². The number of rotatable bonds is 5. The van der Waals surface area contributed by atoms with Crippen LogP contribution in [0.25, 0.3) is 0 Å². The molecule has 0 radical (unpaired) electrons. The van der Waals surface area contributed by atoms with Crippen LogP contribution in [0.1, 0.15) is 24.5 Å². The normalized spacial score (nSPS) is 22.0. The number of nitrogens with zero attached hydrogens (tertiary/aromatic N) is 1. The van der Waals surface area contributed by atoms with Gasteiger partial charge in [0.15, 0.2) is 20.5 Å². The van der Waals surface area contributed by atoms with Gasteiger partial charge in [-0.2, -0.15) is 0 Å². The maximum Gasteiger partial charge on any atom is 0.199 e. The molecule has 0 saturated heterocycles. The summed E-state index contributed by atoms with van der Waals surface area (Å²) in [6.07, 6.45) is 0.200. The lowest BCUT2D eigenvalue weighted by molar-refractivity contribution is 0.0152. The molecule has 0 saturated carbocycles. The van der Waals surface area contributed by atoms with Crippen LogP contribution in [-0.4, -0.2) is 32.1 Å². The summed E-state index contributed by atoms with van der Waals surface area (Å²) < 4.78 is 30.0. The summed E-state index contributed by atoms with van der Waals surface area (Å²) in [5.41, 5.74) is 0.820. The SMILES string of the molecule is COCc1ccccc1CS(=O)(=O)C1=NOC(C)(CCl)C1. The maximum atomic E-state index is 12.5. The average molecular weight is 332 g/mol. The molecular formula is C14H18ClNO4S.